The molecule has 0 aromatic carbocycles. The van der Waals surface area contributed by atoms with E-state index in [1.807, 2.05) is 0 Å². The Bertz CT molecular complexity index is 484. The highest BCUT2D eigenvalue weighted by Gasteiger charge is 2.35. The van der Waals surface area contributed by atoms with Gasteiger partial charge in [0.15, 0.2) is 5.13 Å². The molecule has 2 rings (SSSR count). The highest BCUT2D eigenvalue weighted by molar-refractivity contribution is 7.15. The smallest absolute Gasteiger partial charge is 0.186 e. The summed E-state index contributed by atoms with van der Waals surface area (Å²) in [5.74, 6) is 0. The van der Waals surface area contributed by atoms with Crippen LogP contribution in [-0.2, 0) is 6.42 Å². The van der Waals surface area contributed by atoms with E-state index in [2.05, 4.69) is 51.6 Å². The zero-order valence-corrected chi connectivity index (χ0v) is 15.0. The van der Waals surface area contributed by atoms with Crippen LogP contribution in [0.25, 0.3) is 0 Å². The van der Waals surface area contributed by atoms with Crippen molar-refractivity contribution in [3.8, 4) is 0 Å². The zero-order valence-electron chi connectivity index (χ0n) is 14.2. The highest BCUT2D eigenvalue weighted by atomic mass is 32.1. The average molecular weight is 311 g/mol. The van der Waals surface area contributed by atoms with Gasteiger partial charge in [0.05, 0.1) is 16.7 Å². The van der Waals surface area contributed by atoms with E-state index in [0.717, 1.165) is 41.6 Å². The lowest BCUT2D eigenvalue weighted by Gasteiger charge is -2.31. The summed E-state index contributed by atoms with van der Waals surface area (Å²) in [4.78, 5) is 10.5. The van der Waals surface area contributed by atoms with Gasteiger partial charge in [0.25, 0.3) is 0 Å². The second-order valence-corrected chi connectivity index (χ2v) is 8.27. The first-order valence-corrected chi connectivity index (χ1v) is 8.64. The first kappa shape index (κ1) is 16.7. The number of fused-ring (bicyclic) bond motifs is 1. The van der Waals surface area contributed by atoms with Crippen molar-refractivity contribution in [1.82, 2.24) is 9.88 Å². The molecule has 0 amide bonds. The molecule has 120 valence electrons. The van der Waals surface area contributed by atoms with Crippen LogP contribution in [0.3, 0.4) is 0 Å². The van der Waals surface area contributed by atoms with Crippen molar-refractivity contribution in [2.75, 3.05) is 32.1 Å². The van der Waals surface area contributed by atoms with Crippen molar-refractivity contribution in [2.45, 2.75) is 52.7 Å². The third-order valence-corrected chi connectivity index (χ3v) is 5.39. The molecule has 1 N–H and O–H groups in total. The number of rotatable bonds is 5. The first-order valence-electron chi connectivity index (χ1n) is 7.82. The summed E-state index contributed by atoms with van der Waals surface area (Å²) in [6.07, 6.45) is 1.45. The summed E-state index contributed by atoms with van der Waals surface area (Å²) in [6.45, 7) is 10.8. The first-order chi connectivity index (χ1) is 9.73. The van der Waals surface area contributed by atoms with E-state index in [1.165, 1.54) is 0 Å². The van der Waals surface area contributed by atoms with E-state index < -0.39 is 0 Å². The van der Waals surface area contributed by atoms with Crippen molar-refractivity contribution >= 4 is 16.5 Å². The van der Waals surface area contributed by atoms with Gasteiger partial charge in [-0.3, -0.25) is 0 Å². The Labute approximate surface area is 132 Å². The van der Waals surface area contributed by atoms with Crippen molar-refractivity contribution in [1.29, 1.82) is 0 Å². The molecule has 1 aliphatic carbocycles. The highest BCUT2D eigenvalue weighted by Crippen LogP contribution is 2.44. The maximum absolute atomic E-state index is 10.4. The fraction of sp³-hybridized carbons (Fsp3) is 0.812. The van der Waals surface area contributed by atoms with Crippen molar-refractivity contribution in [3.63, 3.8) is 0 Å². The number of aliphatic hydroxyl groups excluding tert-OH is 1. The van der Waals surface area contributed by atoms with Gasteiger partial charge in [0.1, 0.15) is 0 Å². The van der Waals surface area contributed by atoms with Crippen LogP contribution in [0.5, 0.6) is 0 Å². The van der Waals surface area contributed by atoms with E-state index in [-0.39, 0.29) is 11.5 Å². The van der Waals surface area contributed by atoms with Crippen LogP contribution in [0, 0.1) is 5.41 Å². The Balaban J connectivity index is 2.25. The molecule has 0 aliphatic heterocycles. The Morgan fingerprint density at radius 2 is 2.10 bits per heavy atom. The predicted molar refractivity (Wildman–Crippen MR) is 90.2 cm³/mol. The Morgan fingerprint density at radius 1 is 1.43 bits per heavy atom. The fourth-order valence-electron chi connectivity index (χ4n) is 3.26. The normalized spacial score (nSPS) is 22.2. The molecule has 0 spiro atoms. The Morgan fingerprint density at radius 3 is 2.67 bits per heavy atom. The monoisotopic (exact) mass is 311 g/mol. The van der Waals surface area contributed by atoms with Crippen molar-refractivity contribution < 1.29 is 5.11 Å². The van der Waals surface area contributed by atoms with Gasteiger partial charge in [-0.25, -0.2) is 4.98 Å². The summed E-state index contributed by atoms with van der Waals surface area (Å²) in [5.41, 5.74) is 1.25. The van der Waals surface area contributed by atoms with Crippen LogP contribution < -0.4 is 4.90 Å². The van der Waals surface area contributed by atoms with Crippen molar-refractivity contribution in [3.05, 3.63) is 10.6 Å². The second-order valence-electron chi connectivity index (χ2n) is 7.27. The number of aliphatic hydroxyl groups is 1. The lowest BCUT2D eigenvalue weighted by Crippen LogP contribution is -2.40. The van der Waals surface area contributed by atoms with Gasteiger partial charge in [0, 0.05) is 19.1 Å². The third kappa shape index (κ3) is 3.76. The molecule has 0 radical (unpaired) electrons. The number of hydrogen-bond acceptors (Lipinski definition) is 5. The van der Waals surface area contributed by atoms with Crippen LogP contribution in [0.1, 0.15) is 50.8 Å². The van der Waals surface area contributed by atoms with Gasteiger partial charge in [-0.2, -0.15) is 0 Å². The molecule has 1 heterocycles. The SMILES string of the molecule is CCN(c1nc2c(s1)C(O)CC(C)(C)C2)C(C)CN(C)C. The molecule has 4 nitrogen and oxygen atoms in total. The quantitative estimate of drug-likeness (QED) is 0.907. The number of likely N-dealkylation sites (N-methyl/N-ethyl adjacent to an activating group) is 2. The van der Waals surface area contributed by atoms with Crippen LogP contribution in [0.2, 0.25) is 0 Å². The van der Waals surface area contributed by atoms with Gasteiger partial charge >= 0.3 is 0 Å². The van der Waals surface area contributed by atoms with E-state index >= 15 is 0 Å². The molecule has 1 aliphatic rings. The number of aromatic nitrogens is 1. The van der Waals surface area contributed by atoms with E-state index in [4.69, 9.17) is 4.98 Å². The van der Waals surface area contributed by atoms with E-state index in [9.17, 15) is 5.11 Å². The van der Waals surface area contributed by atoms with Gasteiger partial charge in [-0.05, 0) is 46.2 Å². The molecule has 5 heteroatoms. The third-order valence-electron chi connectivity index (χ3n) is 4.16. The molecular formula is C16H29N3OS. The maximum atomic E-state index is 10.4. The predicted octanol–water partition coefficient (Wildman–Crippen LogP) is 2.93. The topological polar surface area (TPSA) is 39.6 Å². The molecule has 0 saturated carbocycles. The Hall–Kier alpha value is -0.650. The van der Waals surface area contributed by atoms with Crippen LogP contribution >= 0.6 is 11.3 Å². The summed E-state index contributed by atoms with van der Waals surface area (Å²) in [5, 5.41) is 11.5. The minimum Gasteiger partial charge on any atom is -0.387 e. The summed E-state index contributed by atoms with van der Waals surface area (Å²) in [6, 6.07) is 0.419. The summed E-state index contributed by atoms with van der Waals surface area (Å²) >= 11 is 1.68. The molecule has 1 aromatic heterocycles. The number of nitrogens with zero attached hydrogens (tertiary/aromatic N) is 3. The van der Waals surface area contributed by atoms with Crippen LogP contribution in [0.15, 0.2) is 0 Å². The minimum atomic E-state index is -0.349. The number of hydrogen-bond donors (Lipinski definition) is 1. The second kappa shape index (κ2) is 6.23. The van der Waals surface area contributed by atoms with Gasteiger partial charge < -0.3 is 14.9 Å². The van der Waals surface area contributed by atoms with E-state index in [1.54, 1.807) is 11.3 Å². The molecule has 21 heavy (non-hydrogen) atoms. The molecule has 0 bridgehead atoms. The van der Waals surface area contributed by atoms with Crippen molar-refractivity contribution in [2.24, 2.45) is 5.41 Å². The molecule has 2 unspecified atom stereocenters. The Kier molecular flexibility index (Phi) is 4.96. The number of thiazole rings is 1. The summed E-state index contributed by atoms with van der Waals surface area (Å²) in [7, 11) is 4.20. The number of anilines is 1. The lowest BCUT2D eigenvalue weighted by atomic mass is 9.77. The standard InChI is InChI=1S/C16H29N3OS/c1-7-19(11(2)10-18(5)6)15-17-12-8-16(3,4)9-13(20)14(12)21-15/h11,13,20H,7-10H2,1-6H3. The van der Waals surface area contributed by atoms with Crippen LogP contribution in [-0.4, -0.2) is 48.2 Å². The average Bonchev–Trinajstić information content (AvgIpc) is 2.70. The van der Waals surface area contributed by atoms with Gasteiger partial charge in [-0.15, -0.1) is 0 Å². The maximum Gasteiger partial charge on any atom is 0.186 e. The lowest BCUT2D eigenvalue weighted by molar-refractivity contribution is 0.102. The molecule has 0 saturated heterocycles. The molecule has 2 atom stereocenters. The molecule has 1 aromatic rings. The van der Waals surface area contributed by atoms with Crippen LogP contribution in [0.4, 0.5) is 5.13 Å². The van der Waals surface area contributed by atoms with Gasteiger partial charge in [-0.1, -0.05) is 25.2 Å². The fourth-order valence-corrected chi connectivity index (χ4v) is 4.50. The van der Waals surface area contributed by atoms with E-state index in [0.29, 0.717) is 6.04 Å². The summed E-state index contributed by atoms with van der Waals surface area (Å²) < 4.78 is 0. The van der Waals surface area contributed by atoms with Gasteiger partial charge in [0.2, 0.25) is 0 Å². The largest absolute Gasteiger partial charge is 0.387 e. The molecular weight excluding hydrogens is 282 g/mol. The zero-order chi connectivity index (χ0) is 15.8. The molecule has 0 fully saturated rings. The minimum absolute atomic E-state index is 0.143.